The highest BCUT2D eigenvalue weighted by atomic mass is 32.1. The van der Waals surface area contributed by atoms with Crippen molar-refractivity contribution in [2.45, 2.75) is 40.0 Å². The quantitative estimate of drug-likeness (QED) is 0.646. The third-order valence-corrected chi connectivity index (χ3v) is 5.95. The monoisotopic (exact) mass is 323 g/mol. The lowest BCUT2D eigenvalue weighted by molar-refractivity contribution is 0.261. The Morgan fingerprint density at radius 2 is 1.86 bits per heavy atom. The molecule has 1 fully saturated rings. The van der Waals surface area contributed by atoms with Crippen LogP contribution in [-0.2, 0) is 0 Å². The second-order valence-electron chi connectivity index (χ2n) is 6.02. The number of guanidine groups is 1. The van der Waals surface area contributed by atoms with Crippen molar-refractivity contribution in [2.75, 3.05) is 37.6 Å². The number of piperazine rings is 1. The Hall–Kier alpha value is -1.30. The van der Waals surface area contributed by atoms with Crippen LogP contribution in [0, 0.1) is 5.41 Å². The van der Waals surface area contributed by atoms with Crippen molar-refractivity contribution >= 4 is 22.4 Å². The van der Waals surface area contributed by atoms with Gasteiger partial charge < -0.3 is 15.5 Å². The van der Waals surface area contributed by atoms with E-state index >= 15 is 0 Å². The van der Waals surface area contributed by atoms with Crippen LogP contribution in [0.1, 0.15) is 40.0 Å². The van der Waals surface area contributed by atoms with Crippen LogP contribution in [-0.4, -0.2) is 48.6 Å². The number of rotatable bonds is 6. The second-order valence-corrected chi connectivity index (χ2v) is 6.90. The van der Waals surface area contributed by atoms with Crippen LogP contribution in [0.25, 0.3) is 0 Å². The van der Waals surface area contributed by atoms with Crippen molar-refractivity contribution in [1.82, 2.24) is 9.88 Å². The van der Waals surface area contributed by atoms with Gasteiger partial charge in [-0.2, -0.15) is 0 Å². The Bertz CT molecular complexity index is 451. The summed E-state index contributed by atoms with van der Waals surface area (Å²) in [7, 11) is 0. The largest absolute Gasteiger partial charge is 0.370 e. The molecule has 1 aromatic rings. The minimum absolute atomic E-state index is 0.313. The standard InChI is InChI=1S/C16H29N5S/c1-4-16(5-2,6-3)13-19-14(17)20-8-10-21(11-9-20)15-18-7-12-22-15/h7,12H,4-6,8-11,13H2,1-3H3,(H2,17,19). The molecule has 1 saturated heterocycles. The minimum atomic E-state index is 0.313. The summed E-state index contributed by atoms with van der Waals surface area (Å²) in [5, 5.41) is 3.13. The van der Waals surface area contributed by atoms with Crippen LogP contribution in [0.5, 0.6) is 0 Å². The smallest absolute Gasteiger partial charge is 0.191 e. The van der Waals surface area contributed by atoms with Crippen LogP contribution in [0.4, 0.5) is 5.13 Å². The molecule has 0 aromatic carbocycles. The van der Waals surface area contributed by atoms with E-state index in [1.54, 1.807) is 11.3 Å². The lowest BCUT2D eigenvalue weighted by Gasteiger charge is -2.35. The molecule has 5 nitrogen and oxygen atoms in total. The van der Waals surface area contributed by atoms with E-state index in [0.717, 1.165) is 57.1 Å². The average molecular weight is 324 g/mol. The van der Waals surface area contributed by atoms with Gasteiger partial charge in [-0.1, -0.05) is 20.8 Å². The van der Waals surface area contributed by atoms with Gasteiger partial charge in [0.25, 0.3) is 0 Å². The van der Waals surface area contributed by atoms with Gasteiger partial charge in [0.2, 0.25) is 0 Å². The fourth-order valence-corrected chi connectivity index (χ4v) is 3.63. The predicted molar refractivity (Wildman–Crippen MR) is 95.7 cm³/mol. The average Bonchev–Trinajstić information content (AvgIpc) is 3.11. The van der Waals surface area contributed by atoms with Crippen LogP contribution in [0.15, 0.2) is 16.6 Å². The fourth-order valence-electron chi connectivity index (χ4n) is 2.93. The Labute approximate surface area is 138 Å². The molecule has 0 atom stereocenters. The van der Waals surface area contributed by atoms with E-state index in [9.17, 15) is 0 Å². The SMILES string of the molecule is CCC(CC)(CC)CN=C(N)N1CCN(c2nccs2)CC1. The molecule has 0 spiro atoms. The lowest BCUT2D eigenvalue weighted by atomic mass is 9.80. The van der Waals surface area contributed by atoms with E-state index in [2.05, 4.69) is 35.6 Å². The number of thiazole rings is 1. The number of aliphatic imine (C=N–C) groups is 1. The van der Waals surface area contributed by atoms with Gasteiger partial charge in [-0.25, -0.2) is 4.98 Å². The summed E-state index contributed by atoms with van der Waals surface area (Å²) in [6, 6.07) is 0. The zero-order chi connectivity index (χ0) is 16.0. The Balaban J connectivity index is 1.89. The molecule has 1 aromatic heterocycles. The van der Waals surface area contributed by atoms with Crippen molar-refractivity contribution in [1.29, 1.82) is 0 Å². The molecular formula is C16H29N5S. The predicted octanol–water partition coefficient (Wildman–Crippen LogP) is 2.80. The first-order valence-electron chi connectivity index (χ1n) is 8.33. The second kappa shape index (κ2) is 7.81. The maximum atomic E-state index is 6.23. The van der Waals surface area contributed by atoms with Crippen molar-refractivity contribution in [3.8, 4) is 0 Å². The molecule has 0 unspecified atom stereocenters. The Morgan fingerprint density at radius 1 is 1.23 bits per heavy atom. The van der Waals surface area contributed by atoms with E-state index in [0.29, 0.717) is 11.4 Å². The van der Waals surface area contributed by atoms with Crippen molar-refractivity contribution in [3.63, 3.8) is 0 Å². The topological polar surface area (TPSA) is 57.8 Å². The van der Waals surface area contributed by atoms with Crippen LogP contribution in [0.2, 0.25) is 0 Å². The van der Waals surface area contributed by atoms with Crippen LogP contribution < -0.4 is 10.6 Å². The first-order valence-corrected chi connectivity index (χ1v) is 9.21. The summed E-state index contributed by atoms with van der Waals surface area (Å²) in [5.74, 6) is 0.707. The summed E-state index contributed by atoms with van der Waals surface area (Å²) in [6.07, 6.45) is 5.35. The van der Waals surface area contributed by atoms with E-state index in [4.69, 9.17) is 10.7 Å². The molecule has 6 heteroatoms. The maximum absolute atomic E-state index is 6.23. The number of nitrogens with zero attached hydrogens (tertiary/aromatic N) is 4. The Kier molecular flexibility index (Phi) is 6.06. The van der Waals surface area contributed by atoms with Gasteiger partial charge in [-0.3, -0.25) is 4.99 Å². The highest BCUT2D eigenvalue weighted by Gasteiger charge is 2.25. The molecule has 22 heavy (non-hydrogen) atoms. The third-order valence-electron chi connectivity index (χ3n) is 5.12. The highest BCUT2D eigenvalue weighted by molar-refractivity contribution is 7.13. The molecule has 0 bridgehead atoms. The summed E-state index contributed by atoms with van der Waals surface area (Å²) in [6.45, 7) is 11.4. The minimum Gasteiger partial charge on any atom is -0.370 e. The normalized spacial score (nSPS) is 17.1. The molecule has 1 aliphatic rings. The zero-order valence-corrected chi connectivity index (χ0v) is 14.9. The van der Waals surface area contributed by atoms with Crippen molar-refractivity contribution < 1.29 is 0 Å². The van der Waals surface area contributed by atoms with E-state index < -0.39 is 0 Å². The summed E-state index contributed by atoms with van der Waals surface area (Å²) in [4.78, 5) is 13.6. The number of nitrogens with two attached hydrogens (primary N) is 1. The molecule has 0 amide bonds. The Morgan fingerprint density at radius 3 is 2.36 bits per heavy atom. The van der Waals surface area contributed by atoms with Gasteiger partial charge in [0.15, 0.2) is 11.1 Å². The first-order chi connectivity index (χ1) is 10.6. The molecule has 0 aliphatic carbocycles. The summed E-state index contributed by atoms with van der Waals surface area (Å²) >= 11 is 1.70. The first kappa shape index (κ1) is 17.1. The highest BCUT2D eigenvalue weighted by Crippen LogP contribution is 2.30. The molecule has 1 aliphatic heterocycles. The van der Waals surface area contributed by atoms with Gasteiger partial charge in [-0.15, -0.1) is 11.3 Å². The molecular weight excluding hydrogens is 294 g/mol. The number of anilines is 1. The van der Waals surface area contributed by atoms with Gasteiger partial charge in [0.05, 0.1) is 0 Å². The summed E-state index contributed by atoms with van der Waals surface area (Å²) < 4.78 is 0. The van der Waals surface area contributed by atoms with Crippen LogP contribution >= 0.6 is 11.3 Å². The van der Waals surface area contributed by atoms with Crippen LogP contribution in [0.3, 0.4) is 0 Å². The molecule has 2 rings (SSSR count). The molecule has 0 saturated carbocycles. The van der Waals surface area contributed by atoms with Gasteiger partial charge in [0.1, 0.15) is 0 Å². The third kappa shape index (κ3) is 3.91. The maximum Gasteiger partial charge on any atom is 0.191 e. The summed E-state index contributed by atoms with van der Waals surface area (Å²) in [5.41, 5.74) is 6.54. The van der Waals surface area contributed by atoms with Crippen molar-refractivity contribution in [2.24, 2.45) is 16.1 Å². The number of aromatic nitrogens is 1. The van der Waals surface area contributed by atoms with E-state index in [1.165, 1.54) is 0 Å². The van der Waals surface area contributed by atoms with Gasteiger partial charge in [0, 0.05) is 44.3 Å². The molecule has 124 valence electrons. The van der Waals surface area contributed by atoms with E-state index in [-0.39, 0.29) is 0 Å². The molecule has 2 N–H and O–H groups in total. The van der Waals surface area contributed by atoms with Crippen molar-refractivity contribution in [3.05, 3.63) is 11.6 Å². The van der Waals surface area contributed by atoms with E-state index in [1.807, 2.05) is 11.6 Å². The van der Waals surface area contributed by atoms with Gasteiger partial charge >= 0.3 is 0 Å². The lowest BCUT2D eigenvalue weighted by Crippen LogP contribution is -2.51. The fraction of sp³-hybridized carbons (Fsp3) is 0.750. The zero-order valence-electron chi connectivity index (χ0n) is 14.1. The molecule has 2 heterocycles. The van der Waals surface area contributed by atoms with Gasteiger partial charge in [-0.05, 0) is 24.7 Å². The molecule has 0 radical (unpaired) electrons. The number of hydrogen-bond donors (Lipinski definition) is 1. The number of hydrogen-bond acceptors (Lipinski definition) is 4.